The molecule has 2 saturated heterocycles. The van der Waals surface area contributed by atoms with E-state index in [2.05, 4.69) is 35.5 Å². The first-order chi connectivity index (χ1) is 10.2. The monoisotopic (exact) mass is 290 g/mol. The third-order valence-electron chi connectivity index (χ3n) is 4.54. The maximum Gasteiger partial charge on any atom is 0.161 e. The molecular weight excluding hydrogens is 264 g/mol. The third-order valence-corrected chi connectivity index (χ3v) is 4.54. The fourth-order valence-electron chi connectivity index (χ4n) is 3.25. The fourth-order valence-corrected chi connectivity index (χ4v) is 3.25. The lowest BCUT2D eigenvalue weighted by molar-refractivity contribution is 0.0369. The highest BCUT2D eigenvalue weighted by Crippen LogP contribution is 2.31. The molecule has 1 aromatic carbocycles. The van der Waals surface area contributed by atoms with Crippen LogP contribution < -0.4 is 14.8 Å². The van der Waals surface area contributed by atoms with Crippen molar-refractivity contribution in [3.05, 3.63) is 23.8 Å². The lowest BCUT2D eigenvalue weighted by atomic mass is 9.91. The van der Waals surface area contributed by atoms with E-state index in [1.54, 1.807) is 7.11 Å². The quantitative estimate of drug-likeness (QED) is 0.898. The molecule has 0 spiro atoms. The van der Waals surface area contributed by atoms with E-state index < -0.39 is 0 Å². The van der Waals surface area contributed by atoms with Gasteiger partial charge in [0.25, 0.3) is 0 Å². The van der Waals surface area contributed by atoms with Gasteiger partial charge >= 0.3 is 0 Å². The number of benzene rings is 1. The van der Waals surface area contributed by atoms with Crippen LogP contribution in [0.4, 0.5) is 0 Å². The number of nitrogens with one attached hydrogen (secondary N) is 1. The predicted octanol–water partition coefficient (Wildman–Crippen LogP) is 1.93. The summed E-state index contributed by atoms with van der Waals surface area (Å²) in [5, 5.41) is 3.42. The molecule has 0 saturated carbocycles. The minimum absolute atomic E-state index is 0.305. The average molecular weight is 290 g/mol. The van der Waals surface area contributed by atoms with Crippen molar-refractivity contribution in [2.45, 2.75) is 25.4 Å². The van der Waals surface area contributed by atoms with Gasteiger partial charge in [0.05, 0.1) is 7.11 Å². The van der Waals surface area contributed by atoms with E-state index >= 15 is 0 Å². The standard InChI is InChI=1S/C17H26N2O2/c1-19-11-15(12-19)21-16-4-3-14(10-17(16)20-2)9-13-5-7-18-8-6-13/h3-4,10,13,15,18H,5-9,11-12H2,1-2H3. The van der Waals surface area contributed by atoms with E-state index in [1.165, 1.54) is 18.4 Å². The summed E-state index contributed by atoms with van der Waals surface area (Å²) in [6.07, 6.45) is 3.99. The summed E-state index contributed by atoms with van der Waals surface area (Å²) in [5.74, 6) is 2.55. The molecule has 1 aromatic rings. The SMILES string of the molecule is COc1cc(CC2CCNCC2)ccc1OC1CN(C)C1. The molecule has 2 fully saturated rings. The van der Waals surface area contributed by atoms with Crippen molar-refractivity contribution in [2.24, 2.45) is 5.92 Å². The van der Waals surface area contributed by atoms with Gasteiger partial charge in [-0.25, -0.2) is 0 Å². The maximum absolute atomic E-state index is 6.01. The second-order valence-corrected chi connectivity index (χ2v) is 6.34. The number of methoxy groups -OCH3 is 1. The van der Waals surface area contributed by atoms with Gasteiger partial charge in [0.2, 0.25) is 0 Å². The van der Waals surface area contributed by atoms with Crippen LogP contribution in [0.15, 0.2) is 18.2 Å². The molecule has 0 amide bonds. The van der Waals surface area contributed by atoms with Gasteiger partial charge in [-0.3, -0.25) is 4.90 Å². The number of rotatable bonds is 5. The van der Waals surface area contributed by atoms with Gasteiger partial charge in [-0.05, 0) is 63.0 Å². The zero-order valence-corrected chi connectivity index (χ0v) is 13.1. The van der Waals surface area contributed by atoms with Crippen LogP contribution >= 0.6 is 0 Å². The smallest absolute Gasteiger partial charge is 0.161 e. The Hall–Kier alpha value is -1.26. The van der Waals surface area contributed by atoms with Gasteiger partial charge < -0.3 is 14.8 Å². The molecule has 4 heteroatoms. The summed E-state index contributed by atoms with van der Waals surface area (Å²) in [5.41, 5.74) is 1.36. The van der Waals surface area contributed by atoms with Crippen molar-refractivity contribution in [1.82, 2.24) is 10.2 Å². The first kappa shape index (κ1) is 14.7. The van der Waals surface area contributed by atoms with Crippen LogP contribution in [0.3, 0.4) is 0 Å². The Balaban J connectivity index is 1.63. The minimum Gasteiger partial charge on any atom is -0.493 e. The number of hydrogen-bond acceptors (Lipinski definition) is 4. The van der Waals surface area contributed by atoms with E-state index in [0.29, 0.717) is 6.10 Å². The van der Waals surface area contributed by atoms with Crippen LogP contribution in [0.1, 0.15) is 18.4 Å². The molecule has 21 heavy (non-hydrogen) atoms. The van der Waals surface area contributed by atoms with Crippen molar-refractivity contribution in [3.8, 4) is 11.5 Å². The molecule has 3 rings (SSSR count). The average Bonchev–Trinajstić information content (AvgIpc) is 2.48. The molecule has 0 aromatic heterocycles. The largest absolute Gasteiger partial charge is 0.493 e. The van der Waals surface area contributed by atoms with Crippen molar-refractivity contribution >= 4 is 0 Å². The Bertz CT molecular complexity index is 466. The summed E-state index contributed by atoms with van der Waals surface area (Å²) < 4.78 is 11.5. The van der Waals surface area contributed by atoms with Crippen LogP contribution in [0, 0.1) is 5.92 Å². The number of likely N-dealkylation sites (tertiary alicyclic amines) is 1. The van der Waals surface area contributed by atoms with Crippen LogP contribution in [0.5, 0.6) is 11.5 Å². The summed E-state index contributed by atoms with van der Waals surface area (Å²) in [6, 6.07) is 6.43. The van der Waals surface area contributed by atoms with Gasteiger partial charge in [0, 0.05) is 13.1 Å². The van der Waals surface area contributed by atoms with E-state index in [9.17, 15) is 0 Å². The molecular formula is C17H26N2O2. The van der Waals surface area contributed by atoms with Gasteiger partial charge in [0.1, 0.15) is 6.10 Å². The van der Waals surface area contributed by atoms with E-state index in [1.807, 2.05) is 0 Å². The van der Waals surface area contributed by atoms with Crippen LogP contribution in [-0.4, -0.2) is 51.3 Å². The van der Waals surface area contributed by atoms with E-state index in [4.69, 9.17) is 9.47 Å². The first-order valence-corrected chi connectivity index (χ1v) is 7.97. The third kappa shape index (κ3) is 3.69. The normalized spacial score (nSPS) is 21.0. The van der Waals surface area contributed by atoms with Gasteiger partial charge in [0.15, 0.2) is 11.5 Å². The predicted molar refractivity (Wildman–Crippen MR) is 84.2 cm³/mol. The van der Waals surface area contributed by atoms with Crippen molar-refractivity contribution in [3.63, 3.8) is 0 Å². The molecule has 0 radical (unpaired) electrons. The maximum atomic E-state index is 6.01. The Morgan fingerprint density at radius 2 is 1.95 bits per heavy atom. The van der Waals surface area contributed by atoms with Crippen molar-refractivity contribution in [1.29, 1.82) is 0 Å². The Morgan fingerprint density at radius 3 is 2.62 bits per heavy atom. The number of nitrogens with zero attached hydrogens (tertiary/aromatic N) is 1. The molecule has 116 valence electrons. The lowest BCUT2D eigenvalue weighted by Gasteiger charge is -2.36. The zero-order valence-electron chi connectivity index (χ0n) is 13.1. The highest BCUT2D eigenvalue weighted by atomic mass is 16.5. The first-order valence-electron chi connectivity index (χ1n) is 7.97. The molecule has 4 nitrogen and oxygen atoms in total. The number of ether oxygens (including phenoxy) is 2. The van der Waals surface area contributed by atoms with Crippen molar-refractivity contribution in [2.75, 3.05) is 40.3 Å². The number of likely N-dealkylation sites (N-methyl/N-ethyl adjacent to an activating group) is 1. The van der Waals surface area contributed by atoms with Crippen LogP contribution in [0.2, 0.25) is 0 Å². The molecule has 0 bridgehead atoms. The zero-order chi connectivity index (χ0) is 14.7. The number of piperidine rings is 1. The molecule has 0 aliphatic carbocycles. The molecule has 2 aliphatic rings. The Labute approximate surface area is 127 Å². The fraction of sp³-hybridized carbons (Fsp3) is 0.647. The summed E-state index contributed by atoms with van der Waals surface area (Å²) in [6.45, 7) is 4.30. The van der Waals surface area contributed by atoms with Crippen molar-refractivity contribution < 1.29 is 9.47 Å². The summed E-state index contributed by atoms with van der Waals surface area (Å²) in [7, 11) is 3.84. The molecule has 0 atom stereocenters. The highest BCUT2D eigenvalue weighted by molar-refractivity contribution is 5.43. The minimum atomic E-state index is 0.305. The Kier molecular flexibility index (Phi) is 4.66. The molecule has 1 N–H and O–H groups in total. The van der Waals surface area contributed by atoms with Gasteiger partial charge in [-0.15, -0.1) is 0 Å². The molecule has 0 unspecified atom stereocenters. The second-order valence-electron chi connectivity index (χ2n) is 6.34. The van der Waals surface area contributed by atoms with Crippen LogP contribution in [-0.2, 0) is 6.42 Å². The van der Waals surface area contributed by atoms with Gasteiger partial charge in [-0.2, -0.15) is 0 Å². The number of hydrogen-bond donors (Lipinski definition) is 1. The Morgan fingerprint density at radius 1 is 1.19 bits per heavy atom. The lowest BCUT2D eigenvalue weighted by Crippen LogP contribution is -2.51. The van der Waals surface area contributed by atoms with E-state index in [0.717, 1.165) is 50.0 Å². The highest BCUT2D eigenvalue weighted by Gasteiger charge is 2.26. The van der Waals surface area contributed by atoms with Crippen LogP contribution in [0.25, 0.3) is 0 Å². The summed E-state index contributed by atoms with van der Waals surface area (Å²) in [4.78, 5) is 2.25. The molecule has 2 aliphatic heterocycles. The second kappa shape index (κ2) is 6.67. The van der Waals surface area contributed by atoms with Gasteiger partial charge in [-0.1, -0.05) is 6.07 Å². The van der Waals surface area contributed by atoms with E-state index in [-0.39, 0.29) is 0 Å². The molecule has 2 heterocycles. The topological polar surface area (TPSA) is 33.7 Å². The summed E-state index contributed by atoms with van der Waals surface area (Å²) >= 11 is 0.